The number of ether oxygens (including phenoxy) is 1. The van der Waals surface area contributed by atoms with E-state index in [2.05, 4.69) is 25.6 Å². The van der Waals surface area contributed by atoms with Gasteiger partial charge in [0.1, 0.15) is 29.2 Å². The number of imidazole rings is 1. The Hall–Kier alpha value is -3.69. The second-order valence-corrected chi connectivity index (χ2v) is 14.8. The minimum Gasteiger partial charge on any atom is -0.358 e. The zero-order valence-electron chi connectivity index (χ0n) is 25.6. The second kappa shape index (κ2) is 11.9. The predicted octanol–water partition coefficient (Wildman–Crippen LogP) is 6.64. The lowest BCUT2D eigenvalue weighted by molar-refractivity contribution is -0.0363. The maximum absolute atomic E-state index is 14.5. The van der Waals surface area contributed by atoms with Crippen molar-refractivity contribution in [2.24, 2.45) is 4.99 Å². The van der Waals surface area contributed by atoms with Crippen LogP contribution in [0.15, 0.2) is 40.2 Å². The summed E-state index contributed by atoms with van der Waals surface area (Å²) in [7, 11) is -3.73. The SMILES string of the molecule is Cc1cc(Nc2cc(Nc3ccc(C4=NC(C)(C)CS4)cc3S(C)(=O)=O)c3nc(C(F)F)n(C4CCCCO4)c3n2)nc(C)n1. The van der Waals surface area contributed by atoms with Gasteiger partial charge in [-0.15, -0.1) is 11.8 Å². The number of rotatable bonds is 8. The summed E-state index contributed by atoms with van der Waals surface area (Å²) in [5.74, 6) is 1.61. The molecule has 2 aliphatic heterocycles. The topological polar surface area (TPSA) is 136 Å². The molecule has 4 aromatic rings. The van der Waals surface area contributed by atoms with Crippen molar-refractivity contribution >= 4 is 60.8 Å². The highest BCUT2D eigenvalue weighted by atomic mass is 32.2. The van der Waals surface area contributed by atoms with Gasteiger partial charge >= 0.3 is 0 Å². The molecule has 2 N–H and O–H groups in total. The van der Waals surface area contributed by atoms with Crippen molar-refractivity contribution < 1.29 is 21.9 Å². The van der Waals surface area contributed by atoms with Crippen LogP contribution in [0.1, 0.15) is 68.7 Å². The Labute approximate surface area is 264 Å². The van der Waals surface area contributed by atoms with Gasteiger partial charge in [0.15, 0.2) is 21.3 Å². The number of fused-ring (bicyclic) bond motifs is 1. The van der Waals surface area contributed by atoms with Gasteiger partial charge in [-0.2, -0.15) is 0 Å². The third kappa shape index (κ3) is 6.65. The third-order valence-electron chi connectivity index (χ3n) is 7.40. The molecule has 2 aliphatic rings. The Bertz CT molecular complexity index is 1900. The molecule has 45 heavy (non-hydrogen) atoms. The number of hydrogen-bond donors (Lipinski definition) is 2. The summed E-state index contributed by atoms with van der Waals surface area (Å²) < 4.78 is 62.3. The quantitative estimate of drug-likeness (QED) is 0.212. The monoisotopic (exact) mass is 656 g/mol. The number of benzene rings is 1. The first kappa shape index (κ1) is 31.3. The van der Waals surface area contributed by atoms with Crippen molar-refractivity contribution in [3.63, 3.8) is 0 Å². The van der Waals surface area contributed by atoms with Crippen molar-refractivity contribution in [2.75, 3.05) is 29.2 Å². The molecule has 11 nitrogen and oxygen atoms in total. The van der Waals surface area contributed by atoms with Gasteiger partial charge in [0.2, 0.25) is 0 Å². The minimum absolute atomic E-state index is 0.0404. The van der Waals surface area contributed by atoms with Crippen molar-refractivity contribution in [3.8, 4) is 0 Å². The molecular formula is C30H34F2N8O3S2. The smallest absolute Gasteiger partial charge is 0.295 e. The van der Waals surface area contributed by atoms with E-state index >= 15 is 0 Å². The Morgan fingerprint density at radius 3 is 2.44 bits per heavy atom. The number of aliphatic imine (C=N–C) groups is 1. The fourth-order valence-corrected chi connectivity index (χ4v) is 7.48. The van der Waals surface area contributed by atoms with E-state index in [9.17, 15) is 17.2 Å². The highest BCUT2D eigenvalue weighted by molar-refractivity contribution is 8.14. The molecule has 0 aliphatic carbocycles. The van der Waals surface area contributed by atoms with Gasteiger partial charge in [0.25, 0.3) is 6.43 Å². The maximum atomic E-state index is 14.5. The number of thioether (sulfide) groups is 1. The van der Waals surface area contributed by atoms with E-state index in [-0.39, 0.29) is 38.8 Å². The lowest BCUT2D eigenvalue weighted by Gasteiger charge is -2.25. The van der Waals surface area contributed by atoms with E-state index in [1.807, 2.05) is 20.8 Å². The first-order chi connectivity index (χ1) is 21.3. The molecule has 6 rings (SSSR count). The van der Waals surface area contributed by atoms with E-state index in [1.54, 1.807) is 49.0 Å². The first-order valence-corrected chi connectivity index (χ1v) is 17.4. The van der Waals surface area contributed by atoms with E-state index < -0.39 is 28.3 Å². The third-order valence-corrected chi connectivity index (χ3v) is 9.99. The lowest BCUT2D eigenvalue weighted by atomic mass is 10.1. The van der Waals surface area contributed by atoms with Crippen LogP contribution in [-0.2, 0) is 14.6 Å². The molecular weight excluding hydrogens is 623 g/mol. The van der Waals surface area contributed by atoms with Gasteiger partial charge in [-0.3, -0.25) is 9.56 Å². The van der Waals surface area contributed by atoms with Crippen molar-refractivity contribution in [1.29, 1.82) is 0 Å². The van der Waals surface area contributed by atoms with Crippen LogP contribution in [0.2, 0.25) is 0 Å². The Kier molecular flexibility index (Phi) is 8.29. The molecule has 1 saturated heterocycles. The molecule has 0 radical (unpaired) electrons. The largest absolute Gasteiger partial charge is 0.358 e. The van der Waals surface area contributed by atoms with E-state index in [1.165, 1.54) is 4.57 Å². The van der Waals surface area contributed by atoms with E-state index in [4.69, 9.17) is 14.7 Å². The molecule has 238 valence electrons. The highest BCUT2D eigenvalue weighted by Crippen LogP contribution is 2.38. The van der Waals surface area contributed by atoms with Gasteiger partial charge in [-0.05, 0) is 59.1 Å². The van der Waals surface area contributed by atoms with Crippen LogP contribution >= 0.6 is 11.8 Å². The number of nitrogens with one attached hydrogen (secondary N) is 2. The summed E-state index contributed by atoms with van der Waals surface area (Å²) in [5, 5.41) is 7.11. The van der Waals surface area contributed by atoms with Crippen LogP contribution in [0, 0.1) is 13.8 Å². The zero-order valence-corrected chi connectivity index (χ0v) is 27.2. The maximum Gasteiger partial charge on any atom is 0.295 e. The van der Waals surface area contributed by atoms with Crippen molar-refractivity contribution in [3.05, 3.63) is 53.2 Å². The van der Waals surface area contributed by atoms with E-state index in [0.717, 1.165) is 35.6 Å². The summed E-state index contributed by atoms with van der Waals surface area (Å²) >= 11 is 1.57. The average Bonchev–Trinajstić information content (AvgIpc) is 3.53. The Morgan fingerprint density at radius 1 is 1.02 bits per heavy atom. The summed E-state index contributed by atoms with van der Waals surface area (Å²) in [6.45, 7) is 8.08. The van der Waals surface area contributed by atoms with Crippen LogP contribution < -0.4 is 10.6 Å². The van der Waals surface area contributed by atoms with Crippen molar-refractivity contribution in [2.45, 2.75) is 70.0 Å². The molecule has 5 heterocycles. The molecule has 15 heteroatoms. The van der Waals surface area contributed by atoms with Gasteiger partial charge in [-0.1, -0.05) is 6.07 Å². The molecule has 1 unspecified atom stereocenters. The number of pyridine rings is 1. The van der Waals surface area contributed by atoms with Gasteiger partial charge in [-0.25, -0.2) is 37.1 Å². The number of aryl methyl sites for hydroxylation is 2. The minimum atomic E-state index is -3.73. The Balaban J connectivity index is 1.51. The standard InChI is InChI=1S/C30H34F2N8O3S2/c1-16-12-22(34-17(2)33-16)36-23-14-20(25-27(37-23)40(28(38-25)26(31)32)24-8-6-7-11-43-24)35-19-10-9-18(13-21(19)45(5,41)42)29-39-30(3,4)15-44-29/h9-10,12-14,24,26H,6-8,11,15H2,1-5H3,(H2,33,34,35,36,37). The molecule has 3 aromatic heterocycles. The van der Waals surface area contributed by atoms with Gasteiger partial charge < -0.3 is 15.4 Å². The van der Waals surface area contributed by atoms with Crippen molar-refractivity contribution in [1.82, 2.24) is 24.5 Å². The number of alkyl halides is 2. The molecule has 0 saturated carbocycles. The predicted molar refractivity (Wildman–Crippen MR) is 172 cm³/mol. The van der Waals surface area contributed by atoms with Crippen LogP contribution in [0.25, 0.3) is 11.2 Å². The number of aromatic nitrogens is 5. The summed E-state index contributed by atoms with van der Waals surface area (Å²) in [6, 6.07) is 8.39. The molecule has 0 bridgehead atoms. The van der Waals surface area contributed by atoms with Gasteiger partial charge in [0.05, 0.1) is 26.9 Å². The van der Waals surface area contributed by atoms with Crippen LogP contribution in [0.4, 0.5) is 31.8 Å². The molecule has 1 fully saturated rings. The normalized spacial score (nSPS) is 18.4. The lowest BCUT2D eigenvalue weighted by Crippen LogP contribution is -2.20. The van der Waals surface area contributed by atoms with E-state index in [0.29, 0.717) is 30.2 Å². The molecule has 0 spiro atoms. The molecule has 1 aromatic carbocycles. The first-order valence-electron chi connectivity index (χ1n) is 14.5. The number of sulfone groups is 1. The second-order valence-electron chi connectivity index (χ2n) is 11.9. The van der Waals surface area contributed by atoms with Crippen LogP contribution in [0.5, 0.6) is 0 Å². The number of halogens is 2. The highest BCUT2D eigenvalue weighted by Gasteiger charge is 2.30. The zero-order chi connectivity index (χ0) is 32.1. The molecule has 0 amide bonds. The van der Waals surface area contributed by atoms with Gasteiger partial charge in [0, 0.05) is 42.0 Å². The summed E-state index contributed by atoms with van der Waals surface area (Å²) in [4.78, 5) is 22.6. The van der Waals surface area contributed by atoms with Crippen LogP contribution in [-0.4, -0.2) is 62.1 Å². The number of nitrogens with zero attached hydrogens (tertiary/aromatic N) is 6. The summed E-state index contributed by atoms with van der Waals surface area (Å²) in [6.07, 6.45) is -0.285. The fraction of sp³-hybridized carbons (Fsp3) is 0.433. The Morgan fingerprint density at radius 2 is 1.80 bits per heavy atom. The fourth-order valence-electron chi connectivity index (χ4n) is 5.46. The molecule has 1 atom stereocenters. The number of hydrogen-bond acceptors (Lipinski definition) is 11. The summed E-state index contributed by atoms with van der Waals surface area (Å²) in [5.41, 5.74) is 2.04. The van der Waals surface area contributed by atoms with Crippen LogP contribution in [0.3, 0.4) is 0 Å². The number of anilines is 4. The average molecular weight is 657 g/mol.